The predicted molar refractivity (Wildman–Crippen MR) is 157 cm³/mol. The molecule has 2 aromatic carbocycles. The van der Waals surface area contributed by atoms with E-state index < -0.39 is 12.0 Å². The maximum absolute atomic E-state index is 13.8. The van der Waals surface area contributed by atoms with E-state index in [4.69, 9.17) is 21.1 Å². The van der Waals surface area contributed by atoms with Crippen LogP contribution in [0.1, 0.15) is 37.4 Å². The molecule has 0 saturated heterocycles. The minimum atomic E-state index is -0.661. The van der Waals surface area contributed by atoms with E-state index in [0.717, 1.165) is 21.4 Å². The third kappa shape index (κ3) is 5.88. The van der Waals surface area contributed by atoms with Gasteiger partial charge in [-0.3, -0.25) is 9.36 Å². The van der Waals surface area contributed by atoms with E-state index in [2.05, 4.69) is 20.9 Å². The van der Waals surface area contributed by atoms with Crippen LogP contribution in [0.25, 0.3) is 6.08 Å². The summed E-state index contributed by atoms with van der Waals surface area (Å²) in [7, 11) is 0. The number of halogens is 2. The Kier molecular flexibility index (Phi) is 8.35. The van der Waals surface area contributed by atoms with Crippen LogP contribution in [0, 0.1) is 5.92 Å². The van der Waals surface area contributed by atoms with E-state index in [1.54, 1.807) is 30.5 Å². The molecule has 39 heavy (non-hydrogen) atoms. The van der Waals surface area contributed by atoms with Crippen molar-refractivity contribution in [3.63, 3.8) is 0 Å². The number of aromatic nitrogens is 1. The molecule has 0 radical (unpaired) electrons. The number of hydrogen-bond donors (Lipinski definition) is 0. The van der Waals surface area contributed by atoms with Crippen molar-refractivity contribution in [1.82, 2.24) is 4.57 Å². The SMILES string of the molecule is CCOC(=O)C1=C(C)N=c2s/c(=C\[C@@H]3C=CC(OCc4ccccc4)=C(Br)C3)c(=O)n2[C@@H]1c1ccc(Cl)cc1. The number of carbonyl (C=O) groups is 1. The highest BCUT2D eigenvalue weighted by molar-refractivity contribution is 9.11. The zero-order chi connectivity index (χ0) is 27.5. The van der Waals surface area contributed by atoms with Crippen molar-refractivity contribution in [2.24, 2.45) is 10.9 Å². The lowest BCUT2D eigenvalue weighted by Gasteiger charge is -2.24. The predicted octanol–water partition coefficient (Wildman–Crippen LogP) is 5.80. The van der Waals surface area contributed by atoms with Crippen LogP contribution in [0.2, 0.25) is 5.02 Å². The molecule has 0 bridgehead atoms. The fraction of sp³-hybridized carbons (Fsp3) is 0.233. The normalized spacial score (nSPS) is 19.1. The first kappa shape index (κ1) is 27.4. The van der Waals surface area contributed by atoms with E-state index in [-0.39, 0.29) is 18.1 Å². The van der Waals surface area contributed by atoms with Crippen molar-refractivity contribution in [2.75, 3.05) is 6.61 Å². The van der Waals surface area contributed by atoms with Crippen molar-refractivity contribution >= 4 is 50.9 Å². The van der Waals surface area contributed by atoms with Gasteiger partial charge >= 0.3 is 5.97 Å². The second kappa shape index (κ2) is 11.9. The standard InChI is InChI=1S/C30H26BrClN2O4S/c1-3-37-29(36)26-18(2)33-30-34(27(26)21-10-12-22(32)13-11-21)28(35)25(39-30)16-20-9-14-24(23(31)15-20)38-17-19-7-5-4-6-8-19/h4-14,16,20,27H,3,15,17H2,1-2H3/b25-16-/t20-,27-/m1/s1. The number of fused-ring (bicyclic) bond motifs is 1. The van der Waals surface area contributed by atoms with Crippen LogP contribution < -0.4 is 14.9 Å². The maximum atomic E-state index is 13.8. The van der Waals surface area contributed by atoms with Crippen molar-refractivity contribution in [3.8, 4) is 0 Å². The highest BCUT2D eigenvalue weighted by Crippen LogP contribution is 2.32. The quantitative estimate of drug-likeness (QED) is 0.311. The van der Waals surface area contributed by atoms with Gasteiger partial charge in [0.2, 0.25) is 0 Å². The molecular weight excluding hydrogens is 600 g/mol. The fourth-order valence-electron chi connectivity index (χ4n) is 4.61. The molecule has 0 amide bonds. The summed E-state index contributed by atoms with van der Waals surface area (Å²) in [4.78, 5) is 32.0. The molecule has 1 aromatic heterocycles. The number of allylic oxidation sites excluding steroid dienone is 4. The van der Waals surface area contributed by atoms with Crippen LogP contribution in [0.4, 0.5) is 0 Å². The molecule has 6 nitrogen and oxygen atoms in total. The summed E-state index contributed by atoms with van der Waals surface area (Å²) in [5, 5.41) is 0.569. The molecule has 0 fully saturated rings. The van der Waals surface area contributed by atoms with E-state index in [0.29, 0.717) is 38.7 Å². The molecular formula is C30H26BrClN2O4S. The first-order valence-corrected chi connectivity index (χ1v) is 14.5. The van der Waals surface area contributed by atoms with Crippen LogP contribution >= 0.6 is 38.9 Å². The largest absolute Gasteiger partial charge is 0.488 e. The zero-order valence-electron chi connectivity index (χ0n) is 21.4. The van der Waals surface area contributed by atoms with Gasteiger partial charge in [0.25, 0.3) is 5.56 Å². The Hall–Kier alpha value is -3.20. The van der Waals surface area contributed by atoms with Gasteiger partial charge in [0, 0.05) is 15.4 Å². The molecule has 1 aliphatic carbocycles. The van der Waals surface area contributed by atoms with Gasteiger partial charge in [0.1, 0.15) is 12.4 Å². The maximum Gasteiger partial charge on any atom is 0.338 e. The summed E-state index contributed by atoms with van der Waals surface area (Å²) < 4.78 is 14.4. The van der Waals surface area contributed by atoms with Crippen LogP contribution in [0.3, 0.4) is 0 Å². The summed E-state index contributed by atoms with van der Waals surface area (Å²) in [6.45, 7) is 4.23. The summed E-state index contributed by atoms with van der Waals surface area (Å²) >= 11 is 11.1. The van der Waals surface area contributed by atoms with Gasteiger partial charge in [-0.2, -0.15) is 0 Å². The molecule has 0 spiro atoms. The van der Waals surface area contributed by atoms with Gasteiger partial charge in [-0.1, -0.05) is 93.5 Å². The first-order valence-electron chi connectivity index (χ1n) is 12.5. The van der Waals surface area contributed by atoms with Gasteiger partial charge in [-0.15, -0.1) is 0 Å². The molecule has 0 unspecified atom stereocenters. The molecule has 1 aliphatic heterocycles. The van der Waals surface area contributed by atoms with Crippen LogP contribution in [-0.2, 0) is 20.9 Å². The molecule has 2 heterocycles. The molecule has 5 rings (SSSR count). The zero-order valence-corrected chi connectivity index (χ0v) is 24.6. The molecule has 0 N–H and O–H groups in total. The molecule has 0 saturated carbocycles. The van der Waals surface area contributed by atoms with E-state index in [1.165, 1.54) is 11.3 Å². The van der Waals surface area contributed by atoms with E-state index in [9.17, 15) is 9.59 Å². The molecule has 200 valence electrons. The Bertz CT molecular complexity index is 1670. The number of rotatable bonds is 7. The Balaban J connectivity index is 1.47. The minimum absolute atomic E-state index is 0.00980. The Morgan fingerprint density at radius 1 is 1.21 bits per heavy atom. The first-order chi connectivity index (χ1) is 18.9. The minimum Gasteiger partial charge on any atom is -0.488 e. The lowest BCUT2D eigenvalue weighted by Crippen LogP contribution is -2.40. The lowest BCUT2D eigenvalue weighted by atomic mass is 9.96. The third-order valence-corrected chi connectivity index (χ3v) is 8.45. The van der Waals surface area contributed by atoms with Crippen molar-refractivity contribution in [3.05, 3.63) is 124 Å². The molecule has 2 atom stereocenters. The van der Waals surface area contributed by atoms with Gasteiger partial charge < -0.3 is 9.47 Å². The number of hydrogen-bond acceptors (Lipinski definition) is 6. The topological polar surface area (TPSA) is 69.9 Å². The van der Waals surface area contributed by atoms with Crippen molar-refractivity contribution < 1.29 is 14.3 Å². The number of nitrogens with zero attached hydrogens (tertiary/aromatic N) is 2. The van der Waals surface area contributed by atoms with E-state index >= 15 is 0 Å². The van der Waals surface area contributed by atoms with Gasteiger partial charge in [-0.05, 0) is 49.6 Å². The van der Waals surface area contributed by atoms with Crippen molar-refractivity contribution in [2.45, 2.75) is 32.9 Å². The Labute approximate surface area is 243 Å². The Morgan fingerprint density at radius 3 is 2.64 bits per heavy atom. The number of carbonyl (C=O) groups excluding carboxylic acids is 1. The van der Waals surface area contributed by atoms with Gasteiger partial charge in [-0.25, -0.2) is 9.79 Å². The second-order valence-electron chi connectivity index (χ2n) is 9.15. The number of ether oxygens (including phenoxy) is 2. The fourth-order valence-corrected chi connectivity index (χ4v) is 6.45. The lowest BCUT2D eigenvalue weighted by molar-refractivity contribution is -0.139. The van der Waals surface area contributed by atoms with Crippen molar-refractivity contribution in [1.29, 1.82) is 0 Å². The van der Waals surface area contributed by atoms with Gasteiger partial charge in [0.15, 0.2) is 4.80 Å². The van der Waals surface area contributed by atoms with Crippen LogP contribution in [0.5, 0.6) is 0 Å². The summed E-state index contributed by atoms with van der Waals surface area (Å²) in [6.07, 6.45) is 6.60. The highest BCUT2D eigenvalue weighted by Gasteiger charge is 2.33. The molecule has 2 aliphatic rings. The average molecular weight is 626 g/mol. The monoisotopic (exact) mass is 624 g/mol. The average Bonchev–Trinajstić information content (AvgIpc) is 3.22. The summed E-state index contributed by atoms with van der Waals surface area (Å²) in [5.41, 5.74) is 2.53. The smallest absolute Gasteiger partial charge is 0.338 e. The summed E-state index contributed by atoms with van der Waals surface area (Å²) in [6, 6.07) is 16.5. The van der Waals surface area contributed by atoms with Crippen LogP contribution in [0.15, 0.2) is 98.0 Å². The number of esters is 1. The summed E-state index contributed by atoms with van der Waals surface area (Å²) in [5.74, 6) is 0.284. The third-order valence-electron chi connectivity index (χ3n) is 6.48. The Morgan fingerprint density at radius 2 is 1.95 bits per heavy atom. The molecule has 9 heteroatoms. The number of thiazole rings is 1. The molecule has 3 aromatic rings. The highest BCUT2D eigenvalue weighted by atomic mass is 79.9. The van der Waals surface area contributed by atoms with E-state index in [1.807, 2.05) is 60.7 Å². The van der Waals surface area contributed by atoms with Crippen LogP contribution in [-0.4, -0.2) is 17.1 Å². The second-order valence-corrected chi connectivity index (χ2v) is 11.5. The number of benzene rings is 2. The van der Waals surface area contributed by atoms with Gasteiger partial charge in [0.05, 0.1) is 28.5 Å².